The summed E-state index contributed by atoms with van der Waals surface area (Å²) in [5, 5.41) is 3.26. The first-order valence-electron chi connectivity index (χ1n) is 7.73. The third-order valence-electron chi connectivity index (χ3n) is 3.85. The van der Waals surface area contributed by atoms with Crippen molar-refractivity contribution in [3.63, 3.8) is 0 Å². The highest BCUT2D eigenvalue weighted by Gasteiger charge is 2.26. The number of ether oxygens (including phenoxy) is 1. The lowest BCUT2D eigenvalue weighted by molar-refractivity contribution is -0.149. The topological polar surface area (TPSA) is 84.7 Å². The Balaban J connectivity index is 1.78. The van der Waals surface area contributed by atoms with Crippen LogP contribution in [0.3, 0.4) is 0 Å². The zero-order chi connectivity index (χ0) is 16.8. The third-order valence-corrected chi connectivity index (χ3v) is 4.20. The molecule has 0 aromatic heterocycles. The van der Waals surface area contributed by atoms with Crippen LogP contribution in [0.5, 0.6) is 0 Å². The summed E-state index contributed by atoms with van der Waals surface area (Å²) in [6.07, 6.45) is 1.44. The number of nitrogens with zero attached hydrogens (tertiary/aromatic N) is 1. The number of esters is 1. The number of hydrogen-bond acceptors (Lipinski definition) is 5. The molecular formula is C16H22ClN3O3. The summed E-state index contributed by atoms with van der Waals surface area (Å²) in [6, 6.07) is 4.99. The van der Waals surface area contributed by atoms with Crippen molar-refractivity contribution in [2.75, 3.05) is 37.3 Å². The van der Waals surface area contributed by atoms with Crippen LogP contribution in [0.2, 0.25) is 5.02 Å². The average Bonchev–Trinajstić information content (AvgIpc) is 2.52. The molecule has 0 saturated carbocycles. The number of rotatable bonds is 5. The first-order chi connectivity index (χ1) is 11.0. The van der Waals surface area contributed by atoms with Crippen molar-refractivity contribution in [1.82, 2.24) is 4.90 Å². The third kappa shape index (κ3) is 5.11. The van der Waals surface area contributed by atoms with E-state index >= 15 is 0 Å². The van der Waals surface area contributed by atoms with Crippen molar-refractivity contribution in [1.29, 1.82) is 0 Å². The highest BCUT2D eigenvalue weighted by molar-refractivity contribution is 6.33. The van der Waals surface area contributed by atoms with Crippen LogP contribution in [0.15, 0.2) is 18.2 Å². The maximum absolute atomic E-state index is 12.1. The minimum Gasteiger partial charge on any atom is -0.466 e. The Morgan fingerprint density at radius 1 is 1.39 bits per heavy atom. The lowest BCUT2D eigenvalue weighted by atomic mass is 9.97. The minimum absolute atomic E-state index is 0.0506. The van der Waals surface area contributed by atoms with Gasteiger partial charge in [-0.25, -0.2) is 0 Å². The van der Waals surface area contributed by atoms with Crippen molar-refractivity contribution in [3.05, 3.63) is 23.2 Å². The molecule has 0 bridgehead atoms. The molecule has 1 aromatic carbocycles. The number of nitrogens with one attached hydrogen (secondary N) is 1. The van der Waals surface area contributed by atoms with Gasteiger partial charge in [-0.15, -0.1) is 0 Å². The van der Waals surface area contributed by atoms with Crippen LogP contribution in [-0.2, 0) is 14.3 Å². The van der Waals surface area contributed by atoms with Crippen molar-refractivity contribution >= 4 is 34.9 Å². The monoisotopic (exact) mass is 339 g/mol. The summed E-state index contributed by atoms with van der Waals surface area (Å²) < 4.78 is 5.04. The second-order valence-electron chi connectivity index (χ2n) is 5.59. The molecule has 0 spiro atoms. The minimum atomic E-state index is -0.131. The van der Waals surface area contributed by atoms with Gasteiger partial charge in [-0.3, -0.25) is 14.5 Å². The maximum atomic E-state index is 12.1. The summed E-state index contributed by atoms with van der Waals surface area (Å²) >= 11 is 5.85. The molecule has 0 radical (unpaired) electrons. The Morgan fingerprint density at radius 2 is 2.09 bits per heavy atom. The van der Waals surface area contributed by atoms with E-state index in [0.29, 0.717) is 36.1 Å². The van der Waals surface area contributed by atoms with Crippen LogP contribution in [-0.4, -0.2) is 43.0 Å². The fraction of sp³-hybridized carbons (Fsp3) is 0.500. The summed E-state index contributed by atoms with van der Waals surface area (Å²) in [5.41, 5.74) is 6.77. The number of benzene rings is 1. The fourth-order valence-electron chi connectivity index (χ4n) is 2.61. The standard InChI is InChI=1S/C16H22ClN3O3/c1-2-23-16(22)11-5-7-20(8-6-11)10-15(21)19-12-3-4-13(17)14(18)9-12/h3-4,9,11H,2,5-8,10,18H2,1H3,(H,19,21). The molecule has 126 valence electrons. The van der Waals surface area contributed by atoms with Gasteiger partial charge in [0.25, 0.3) is 0 Å². The predicted octanol–water partition coefficient (Wildman–Crippen LogP) is 2.14. The van der Waals surface area contributed by atoms with E-state index in [2.05, 4.69) is 5.32 Å². The molecule has 7 heteroatoms. The van der Waals surface area contributed by atoms with Crippen LogP contribution < -0.4 is 11.1 Å². The van der Waals surface area contributed by atoms with E-state index in [1.165, 1.54) is 0 Å². The summed E-state index contributed by atoms with van der Waals surface area (Å²) in [6.45, 7) is 3.92. The number of piperidine rings is 1. The number of carbonyl (C=O) groups excluding carboxylic acids is 2. The molecule has 0 atom stereocenters. The van der Waals surface area contributed by atoms with Gasteiger partial charge in [-0.1, -0.05) is 11.6 Å². The number of anilines is 2. The van der Waals surface area contributed by atoms with E-state index in [9.17, 15) is 9.59 Å². The number of nitrogens with two attached hydrogens (primary N) is 1. The number of nitrogen functional groups attached to an aromatic ring is 1. The van der Waals surface area contributed by atoms with E-state index in [4.69, 9.17) is 22.1 Å². The van der Waals surface area contributed by atoms with Crippen LogP contribution in [0, 0.1) is 5.92 Å². The molecule has 6 nitrogen and oxygen atoms in total. The molecule has 1 amide bonds. The summed E-state index contributed by atoms with van der Waals surface area (Å²) in [7, 11) is 0. The second kappa shape index (κ2) is 8.17. The molecule has 0 unspecified atom stereocenters. The largest absolute Gasteiger partial charge is 0.466 e. The number of likely N-dealkylation sites (tertiary alicyclic amines) is 1. The van der Waals surface area contributed by atoms with Gasteiger partial charge in [-0.2, -0.15) is 0 Å². The van der Waals surface area contributed by atoms with E-state index in [1.54, 1.807) is 25.1 Å². The quantitative estimate of drug-likeness (QED) is 0.634. The van der Waals surface area contributed by atoms with Crippen LogP contribution in [0.4, 0.5) is 11.4 Å². The lowest BCUT2D eigenvalue weighted by Gasteiger charge is -2.30. The van der Waals surface area contributed by atoms with Gasteiger partial charge in [-0.05, 0) is 51.1 Å². The van der Waals surface area contributed by atoms with Gasteiger partial charge in [0.1, 0.15) is 0 Å². The van der Waals surface area contributed by atoms with E-state index in [-0.39, 0.29) is 24.3 Å². The Morgan fingerprint density at radius 3 is 2.70 bits per heavy atom. The Kier molecular flexibility index (Phi) is 6.24. The number of amides is 1. The normalized spacial score (nSPS) is 16.1. The van der Waals surface area contributed by atoms with Crippen LogP contribution in [0.1, 0.15) is 19.8 Å². The van der Waals surface area contributed by atoms with Crippen LogP contribution >= 0.6 is 11.6 Å². The molecule has 1 saturated heterocycles. The Labute approximate surface area is 140 Å². The Bertz CT molecular complexity index is 572. The number of hydrogen-bond donors (Lipinski definition) is 2. The number of carbonyl (C=O) groups is 2. The predicted molar refractivity (Wildman–Crippen MR) is 90.3 cm³/mol. The number of halogens is 1. The molecule has 2 rings (SSSR count). The van der Waals surface area contributed by atoms with Crippen molar-refractivity contribution in [3.8, 4) is 0 Å². The first-order valence-corrected chi connectivity index (χ1v) is 8.11. The van der Waals surface area contributed by atoms with Crippen molar-refractivity contribution < 1.29 is 14.3 Å². The summed E-state index contributed by atoms with van der Waals surface area (Å²) in [4.78, 5) is 25.8. The highest BCUT2D eigenvalue weighted by Crippen LogP contribution is 2.22. The van der Waals surface area contributed by atoms with Gasteiger partial charge in [0.05, 0.1) is 29.8 Å². The highest BCUT2D eigenvalue weighted by atomic mass is 35.5. The molecule has 3 N–H and O–H groups in total. The molecule has 23 heavy (non-hydrogen) atoms. The molecule has 1 fully saturated rings. The molecule has 1 aliphatic rings. The average molecular weight is 340 g/mol. The van der Waals surface area contributed by atoms with Crippen molar-refractivity contribution in [2.24, 2.45) is 5.92 Å². The van der Waals surface area contributed by atoms with Gasteiger partial charge >= 0.3 is 5.97 Å². The molecule has 1 aromatic rings. The first kappa shape index (κ1) is 17.6. The SMILES string of the molecule is CCOC(=O)C1CCN(CC(=O)Nc2ccc(Cl)c(N)c2)CC1. The van der Waals surface area contributed by atoms with Gasteiger partial charge in [0, 0.05) is 5.69 Å². The van der Waals surface area contributed by atoms with E-state index < -0.39 is 0 Å². The van der Waals surface area contributed by atoms with Crippen molar-refractivity contribution in [2.45, 2.75) is 19.8 Å². The fourth-order valence-corrected chi connectivity index (χ4v) is 2.73. The second-order valence-corrected chi connectivity index (χ2v) is 5.99. The maximum Gasteiger partial charge on any atom is 0.309 e. The summed E-state index contributed by atoms with van der Waals surface area (Å²) in [5.74, 6) is -0.292. The molecule has 1 heterocycles. The smallest absolute Gasteiger partial charge is 0.309 e. The lowest BCUT2D eigenvalue weighted by Crippen LogP contribution is -2.41. The van der Waals surface area contributed by atoms with E-state index in [1.807, 2.05) is 4.90 Å². The van der Waals surface area contributed by atoms with Gasteiger partial charge < -0.3 is 15.8 Å². The van der Waals surface area contributed by atoms with Crippen LogP contribution in [0.25, 0.3) is 0 Å². The zero-order valence-corrected chi connectivity index (χ0v) is 13.9. The van der Waals surface area contributed by atoms with Gasteiger partial charge in [0.15, 0.2) is 0 Å². The van der Waals surface area contributed by atoms with Gasteiger partial charge in [0.2, 0.25) is 5.91 Å². The molecule has 0 aliphatic carbocycles. The molecule has 1 aliphatic heterocycles. The molecular weight excluding hydrogens is 318 g/mol. The Hall–Kier alpha value is -1.79. The van der Waals surface area contributed by atoms with E-state index in [0.717, 1.165) is 12.8 Å². The zero-order valence-electron chi connectivity index (χ0n) is 13.2.